The average Bonchev–Trinajstić information content (AvgIpc) is 3.06. The van der Waals surface area contributed by atoms with E-state index in [-0.39, 0.29) is 29.3 Å². The highest BCUT2D eigenvalue weighted by atomic mass is 79.9. The maximum Gasteiger partial charge on any atom is 0.255 e. The number of benzene rings is 1. The first-order valence-corrected chi connectivity index (χ1v) is 9.07. The van der Waals surface area contributed by atoms with Crippen LogP contribution in [0, 0.1) is 0 Å². The van der Waals surface area contributed by atoms with Crippen molar-refractivity contribution in [1.29, 1.82) is 0 Å². The summed E-state index contributed by atoms with van der Waals surface area (Å²) in [5.74, 6) is -0.402. The summed E-state index contributed by atoms with van der Waals surface area (Å²) < 4.78 is 0.490. The first-order chi connectivity index (χ1) is 11.1. The van der Waals surface area contributed by atoms with Crippen molar-refractivity contribution in [2.45, 2.75) is 50.3 Å². The van der Waals surface area contributed by atoms with Crippen molar-refractivity contribution in [2.75, 3.05) is 13.1 Å². The summed E-state index contributed by atoms with van der Waals surface area (Å²) >= 11 is 3.22. The fourth-order valence-corrected chi connectivity index (χ4v) is 4.10. The predicted octanol–water partition coefficient (Wildman–Crippen LogP) is 2.26. The Morgan fingerprint density at radius 3 is 2.70 bits per heavy atom. The van der Waals surface area contributed by atoms with Gasteiger partial charge in [-0.1, -0.05) is 6.07 Å². The topological polar surface area (TPSA) is 72.8 Å². The molecule has 23 heavy (non-hydrogen) atoms. The molecule has 1 amide bonds. The van der Waals surface area contributed by atoms with Crippen LogP contribution in [0.5, 0.6) is 5.75 Å². The number of phenols is 1. The van der Waals surface area contributed by atoms with E-state index in [9.17, 15) is 15.0 Å². The minimum atomic E-state index is -0.555. The van der Waals surface area contributed by atoms with Gasteiger partial charge in [0.15, 0.2) is 0 Å². The van der Waals surface area contributed by atoms with E-state index in [2.05, 4.69) is 26.1 Å². The molecular formula is C17H23BrN2O3. The molecule has 6 heteroatoms. The zero-order valence-electron chi connectivity index (χ0n) is 13.0. The van der Waals surface area contributed by atoms with E-state index in [1.807, 2.05) is 0 Å². The van der Waals surface area contributed by atoms with Crippen LogP contribution in [0.2, 0.25) is 0 Å². The third-order valence-electron chi connectivity index (χ3n) is 4.98. The largest absolute Gasteiger partial charge is 0.506 e. The summed E-state index contributed by atoms with van der Waals surface area (Å²) in [7, 11) is 0. The highest BCUT2D eigenvalue weighted by Gasteiger charge is 2.37. The molecule has 0 radical (unpaired) electrons. The number of likely N-dealkylation sites (tertiary alicyclic amines) is 1. The minimum absolute atomic E-state index is 0.0635. The zero-order chi connectivity index (χ0) is 16.4. The van der Waals surface area contributed by atoms with Gasteiger partial charge >= 0.3 is 0 Å². The number of nitrogens with one attached hydrogen (secondary N) is 1. The van der Waals surface area contributed by atoms with Crippen molar-refractivity contribution in [2.24, 2.45) is 0 Å². The van der Waals surface area contributed by atoms with Gasteiger partial charge < -0.3 is 15.5 Å². The van der Waals surface area contributed by atoms with Crippen molar-refractivity contribution in [3.63, 3.8) is 0 Å². The fraction of sp³-hybridized carbons (Fsp3) is 0.588. The molecule has 1 aromatic carbocycles. The van der Waals surface area contributed by atoms with Gasteiger partial charge in [0.1, 0.15) is 5.75 Å². The SMILES string of the molecule is O=C(N[C@@H]1CCC[C@@H](N2CCCC2)[C@@H]1O)c1cccc(Br)c1O. The molecular weight excluding hydrogens is 360 g/mol. The first-order valence-electron chi connectivity index (χ1n) is 8.28. The number of nitrogens with zero attached hydrogens (tertiary/aromatic N) is 1. The fourth-order valence-electron chi connectivity index (χ4n) is 3.73. The summed E-state index contributed by atoms with van der Waals surface area (Å²) in [6.45, 7) is 2.07. The van der Waals surface area contributed by atoms with E-state index in [1.165, 1.54) is 12.8 Å². The van der Waals surface area contributed by atoms with Crippen molar-refractivity contribution in [3.05, 3.63) is 28.2 Å². The van der Waals surface area contributed by atoms with Gasteiger partial charge in [-0.2, -0.15) is 0 Å². The number of amides is 1. The third-order valence-corrected chi connectivity index (χ3v) is 5.62. The predicted molar refractivity (Wildman–Crippen MR) is 91.5 cm³/mol. The number of aliphatic hydroxyl groups excluding tert-OH is 1. The Kier molecular flexibility index (Phi) is 5.24. The normalized spacial score (nSPS) is 28.7. The van der Waals surface area contributed by atoms with Gasteiger partial charge in [0.05, 0.1) is 22.2 Å². The molecule has 0 aromatic heterocycles. The van der Waals surface area contributed by atoms with Crippen LogP contribution in [-0.4, -0.2) is 52.3 Å². The van der Waals surface area contributed by atoms with Gasteiger partial charge in [-0.25, -0.2) is 0 Å². The maximum atomic E-state index is 12.4. The number of halogens is 1. The van der Waals surface area contributed by atoms with Crippen LogP contribution in [0.1, 0.15) is 42.5 Å². The molecule has 1 saturated carbocycles. The Morgan fingerprint density at radius 1 is 1.22 bits per heavy atom. The molecule has 5 nitrogen and oxygen atoms in total. The lowest BCUT2D eigenvalue weighted by molar-refractivity contribution is 0.00700. The molecule has 1 saturated heterocycles. The third kappa shape index (κ3) is 3.54. The molecule has 1 aromatic rings. The Balaban J connectivity index is 1.68. The molecule has 126 valence electrons. The van der Waals surface area contributed by atoms with Gasteiger partial charge in [-0.05, 0) is 73.3 Å². The van der Waals surface area contributed by atoms with Gasteiger partial charge in [0, 0.05) is 6.04 Å². The standard InChI is InChI=1S/C17H23BrN2O3/c18-12-6-3-5-11(15(12)21)17(23)19-13-7-4-8-14(16(13)22)20-9-1-2-10-20/h3,5-6,13-14,16,21-22H,1-2,4,7-10H2,(H,19,23)/t13-,14-,16-/m1/s1. The molecule has 0 spiro atoms. The summed E-state index contributed by atoms with van der Waals surface area (Å²) in [6, 6.07) is 4.85. The second-order valence-corrected chi connectivity index (χ2v) is 7.30. The maximum absolute atomic E-state index is 12.4. The number of carbonyl (C=O) groups is 1. The number of hydrogen-bond acceptors (Lipinski definition) is 4. The smallest absolute Gasteiger partial charge is 0.255 e. The molecule has 2 aliphatic rings. The highest BCUT2D eigenvalue weighted by molar-refractivity contribution is 9.10. The van der Waals surface area contributed by atoms with Crippen molar-refractivity contribution in [1.82, 2.24) is 10.2 Å². The lowest BCUT2D eigenvalue weighted by Crippen LogP contribution is -2.56. The lowest BCUT2D eigenvalue weighted by atomic mass is 9.87. The molecule has 3 N–H and O–H groups in total. The van der Waals surface area contributed by atoms with Gasteiger partial charge in [0.25, 0.3) is 5.91 Å². The summed E-state index contributed by atoms with van der Waals surface area (Å²) in [4.78, 5) is 14.8. The van der Waals surface area contributed by atoms with E-state index in [0.29, 0.717) is 4.47 Å². The number of hydrogen-bond donors (Lipinski definition) is 3. The Bertz CT molecular complexity index is 575. The zero-order valence-corrected chi connectivity index (χ0v) is 14.6. The van der Waals surface area contributed by atoms with Crippen LogP contribution in [-0.2, 0) is 0 Å². The number of para-hydroxylation sites is 1. The molecule has 1 aliphatic heterocycles. The van der Waals surface area contributed by atoms with Crippen LogP contribution in [0.4, 0.5) is 0 Å². The second kappa shape index (κ2) is 7.20. The van der Waals surface area contributed by atoms with E-state index < -0.39 is 6.10 Å². The Morgan fingerprint density at radius 2 is 1.96 bits per heavy atom. The van der Waals surface area contributed by atoms with E-state index in [0.717, 1.165) is 32.4 Å². The molecule has 3 rings (SSSR count). The Labute approximate surface area is 144 Å². The molecule has 3 atom stereocenters. The van der Waals surface area contributed by atoms with Crippen LogP contribution >= 0.6 is 15.9 Å². The number of aromatic hydroxyl groups is 1. The molecule has 0 bridgehead atoms. The van der Waals surface area contributed by atoms with Crippen molar-refractivity contribution < 1.29 is 15.0 Å². The van der Waals surface area contributed by atoms with Crippen LogP contribution < -0.4 is 5.32 Å². The number of aliphatic hydroxyl groups is 1. The van der Waals surface area contributed by atoms with E-state index in [4.69, 9.17) is 0 Å². The molecule has 1 heterocycles. The molecule has 0 unspecified atom stereocenters. The lowest BCUT2D eigenvalue weighted by Gasteiger charge is -2.40. The summed E-state index contributed by atoms with van der Waals surface area (Å²) in [6.07, 6.45) is 4.56. The number of rotatable bonds is 3. The Hall–Kier alpha value is -1.11. The van der Waals surface area contributed by atoms with Gasteiger partial charge in [-0.15, -0.1) is 0 Å². The monoisotopic (exact) mass is 382 g/mol. The van der Waals surface area contributed by atoms with Crippen LogP contribution in [0.3, 0.4) is 0 Å². The highest BCUT2D eigenvalue weighted by Crippen LogP contribution is 2.29. The van der Waals surface area contributed by atoms with E-state index in [1.54, 1.807) is 18.2 Å². The second-order valence-electron chi connectivity index (χ2n) is 6.45. The van der Waals surface area contributed by atoms with Crippen LogP contribution in [0.25, 0.3) is 0 Å². The number of carbonyl (C=O) groups excluding carboxylic acids is 1. The van der Waals surface area contributed by atoms with Crippen molar-refractivity contribution >= 4 is 21.8 Å². The summed E-state index contributed by atoms with van der Waals surface area (Å²) in [5.41, 5.74) is 0.231. The van der Waals surface area contributed by atoms with Crippen LogP contribution in [0.15, 0.2) is 22.7 Å². The summed E-state index contributed by atoms with van der Waals surface area (Å²) in [5, 5.41) is 23.6. The van der Waals surface area contributed by atoms with E-state index >= 15 is 0 Å². The average molecular weight is 383 g/mol. The van der Waals surface area contributed by atoms with Gasteiger partial charge in [0.2, 0.25) is 0 Å². The number of phenolic OH excluding ortho intramolecular Hbond substituents is 1. The minimum Gasteiger partial charge on any atom is -0.506 e. The quantitative estimate of drug-likeness (QED) is 0.749. The molecule has 2 fully saturated rings. The molecule has 1 aliphatic carbocycles. The first kappa shape index (κ1) is 16.7. The van der Waals surface area contributed by atoms with Crippen molar-refractivity contribution in [3.8, 4) is 5.75 Å². The van der Waals surface area contributed by atoms with Gasteiger partial charge in [-0.3, -0.25) is 9.69 Å².